The molecule has 2 aromatic rings. The van der Waals surface area contributed by atoms with Gasteiger partial charge >= 0.3 is 11.9 Å². The van der Waals surface area contributed by atoms with Crippen LogP contribution in [0.2, 0.25) is 0 Å². The van der Waals surface area contributed by atoms with Gasteiger partial charge < -0.3 is 9.47 Å². The summed E-state index contributed by atoms with van der Waals surface area (Å²) in [5, 5.41) is 0. The maximum absolute atomic E-state index is 12.2. The van der Waals surface area contributed by atoms with E-state index in [0.717, 1.165) is 10.0 Å². The number of rotatable bonds is 6. The molecule has 0 N–H and O–H groups in total. The molecule has 5 heteroatoms. The van der Waals surface area contributed by atoms with Gasteiger partial charge in [-0.2, -0.15) is 0 Å². The maximum Gasteiger partial charge on any atom is 0.339 e. The second-order valence-electron chi connectivity index (χ2n) is 4.78. The predicted molar refractivity (Wildman–Crippen MR) is 90.5 cm³/mol. The van der Waals surface area contributed by atoms with Crippen LogP contribution in [0, 0.1) is 0 Å². The molecule has 0 aliphatic rings. The lowest BCUT2D eigenvalue weighted by atomic mass is 10.1. The van der Waals surface area contributed by atoms with E-state index < -0.39 is 11.9 Å². The Bertz CT molecular complexity index is 680. The second-order valence-corrected chi connectivity index (χ2v) is 5.69. The summed E-state index contributed by atoms with van der Waals surface area (Å²) in [4.78, 5) is 24.0. The number of carbonyl (C=O) groups is 2. The van der Waals surface area contributed by atoms with Crippen LogP contribution in [-0.4, -0.2) is 25.2 Å². The van der Waals surface area contributed by atoms with Crippen molar-refractivity contribution in [2.75, 3.05) is 13.2 Å². The van der Waals surface area contributed by atoms with Crippen molar-refractivity contribution in [3.63, 3.8) is 0 Å². The predicted octanol–water partition coefficient (Wildman–Crippen LogP) is 4.03. The minimum absolute atomic E-state index is 0.224. The van der Waals surface area contributed by atoms with Crippen molar-refractivity contribution in [3.05, 3.63) is 69.7 Å². The Morgan fingerprint density at radius 3 is 2.04 bits per heavy atom. The van der Waals surface area contributed by atoms with Crippen LogP contribution in [0.15, 0.2) is 53.0 Å². The third-order valence-electron chi connectivity index (χ3n) is 3.18. The summed E-state index contributed by atoms with van der Waals surface area (Å²) in [5.41, 5.74) is 1.52. The van der Waals surface area contributed by atoms with Crippen LogP contribution in [0.3, 0.4) is 0 Å². The number of halogens is 1. The second kappa shape index (κ2) is 8.48. The molecule has 0 bridgehead atoms. The van der Waals surface area contributed by atoms with E-state index in [1.165, 1.54) is 0 Å². The molecule has 0 heterocycles. The van der Waals surface area contributed by atoms with Crippen molar-refractivity contribution in [3.8, 4) is 0 Å². The zero-order valence-corrected chi connectivity index (χ0v) is 14.3. The van der Waals surface area contributed by atoms with E-state index in [0.29, 0.717) is 6.42 Å². The molecule has 0 radical (unpaired) electrons. The van der Waals surface area contributed by atoms with Gasteiger partial charge in [0.2, 0.25) is 0 Å². The molecular weight excluding hydrogens is 360 g/mol. The molecule has 0 aliphatic heterocycles. The quantitative estimate of drug-likeness (QED) is 0.714. The first-order valence-electron chi connectivity index (χ1n) is 7.29. The van der Waals surface area contributed by atoms with Crippen LogP contribution in [-0.2, 0) is 15.9 Å². The number of carbonyl (C=O) groups excluding carboxylic acids is 2. The van der Waals surface area contributed by atoms with Crippen molar-refractivity contribution in [2.45, 2.75) is 13.3 Å². The SMILES string of the molecule is CCOC(=O)c1ccccc1C(=O)OCCc1ccc(Br)cc1. The zero-order valence-electron chi connectivity index (χ0n) is 12.8. The molecule has 0 unspecified atom stereocenters. The number of ether oxygens (including phenoxy) is 2. The highest BCUT2D eigenvalue weighted by atomic mass is 79.9. The van der Waals surface area contributed by atoms with Crippen molar-refractivity contribution in [1.29, 1.82) is 0 Å². The van der Waals surface area contributed by atoms with E-state index >= 15 is 0 Å². The third-order valence-corrected chi connectivity index (χ3v) is 3.71. The average molecular weight is 377 g/mol. The fraction of sp³-hybridized carbons (Fsp3) is 0.222. The smallest absolute Gasteiger partial charge is 0.339 e. The maximum atomic E-state index is 12.2. The Morgan fingerprint density at radius 2 is 1.48 bits per heavy atom. The summed E-state index contributed by atoms with van der Waals surface area (Å²) in [5.74, 6) is -1.04. The molecular formula is C18H17BrO4. The van der Waals surface area contributed by atoms with E-state index in [-0.39, 0.29) is 24.3 Å². The van der Waals surface area contributed by atoms with Crippen LogP contribution < -0.4 is 0 Å². The van der Waals surface area contributed by atoms with Crippen LogP contribution in [0.1, 0.15) is 33.2 Å². The van der Waals surface area contributed by atoms with Crippen molar-refractivity contribution in [1.82, 2.24) is 0 Å². The Labute approximate surface area is 143 Å². The topological polar surface area (TPSA) is 52.6 Å². The summed E-state index contributed by atoms with van der Waals surface area (Å²) < 4.78 is 11.2. The first-order valence-corrected chi connectivity index (χ1v) is 8.09. The molecule has 23 heavy (non-hydrogen) atoms. The molecule has 0 aliphatic carbocycles. The normalized spacial score (nSPS) is 10.2. The van der Waals surface area contributed by atoms with E-state index in [1.54, 1.807) is 31.2 Å². The van der Waals surface area contributed by atoms with Gasteiger partial charge in [0.05, 0.1) is 24.3 Å². The van der Waals surface area contributed by atoms with Gasteiger partial charge in [-0.1, -0.05) is 40.2 Å². The Kier molecular flexibility index (Phi) is 6.35. The van der Waals surface area contributed by atoms with E-state index in [1.807, 2.05) is 24.3 Å². The molecule has 0 saturated heterocycles. The molecule has 120 valence electrons. The molecule has 0 amide bonds. The number of benzene rings is 2. The molecule has 4 nitrogen and oxygen atoms in total. The minimum Gasteiger partial charge on any atom is -0.462 e. The van der Waals surface area contributed by atoms with Crippen molar-refractivity contribution < 1.29 is 19.1 Å². The lowest BCUT2D eigenvalue weighted by molar-refractivity contribution is 0.0469. The van der Waals surface area contributed by atoms with Gasteiger partial charge in [0.15, 0.2) is 0 Å². The standard InChI is InChI=1S/C18H17BrO4/c1-2-22-17(20)15-5-3-4-6-16(15)18(21)23-12-11-13-7-9-14(19)10-8-13/h3-10H,2,11-12H2,1H3. The summed E-state index contributed by atoms with van der Waals surface area (Å²) in [7, 11) is 0. The van der Waals surface area contributed by atoms with Crippen LogP contribution >= 0.6 is 15.9 Å². The van der Waals surface area contributed by atoms with Gasteiger partial charge in [0, 0.05) is 10.9 Å². The van der Waals surface area contributed by atoms with E-state index in [4.69, 9.17) is 9.47 Å². The molecule has 0 aromatic heterocycles. The molecule has 0 fully saturated rings. The van der Waals surface area contributed by atoms with Gasteiger partial charge in [-0.3, -0.25) is 0 Å². The van der Waals surface area contributed by atoms with Crippen molar-refractivity contribution >= 4 is 27.9 Å². The molecule has 0 atom stereocenters. The fourth-order valence-electron chi connectivity index (χ4n) is 2.04. The van der Waals surface area contributed by atoms with Gasteiger partial charge in [0.25, 0.3) is 0 Å². The number of esters is 2. The highest BCUT2D eigenvalue weighted by Crippen LogP contribution is 2.13. The zero-order chi connectivity index (χ0) is 16.7. The van der Waals surface area contributed by atoms with E-state index in [9.17, 15) is 9.59 Å². The average Bonchev–Trinajstić information content (AvgIpc) is 2.57. The lowest BCUT2D eigenvalue weighted by Gasteiger charge is -2.09. The number of hydrogen-bond donors (Lipinski definition) is 0. The minimum atomic E-state index is -0.522. The van der Waals surface area contributed by atoms with E-state index in [2.05, 4.69) is 15.9 Å². The van der Waals surface area contributed by atoms with Gasteiger partial charge in [-0.05, 0) is 36.8 Å². The summed E-state index contributed by atoms with van der Waals surface area (Å²) in [6.07, 6.45) is 0.612. The molecule has 2 rings (SSSR count). The Morgan fingerprint density at radius 1 is 0.913 bits per heavy atom. The molecule has 0 spiro atoms. The first-order chi connectivity index (χ1) is 11.1. The Balaban J connectivity index is 1.98. The summed E-state index contributed by atoms with van der Waals surface area (Å²) >= 11 is 3.37. The van der Waals surface area contributed by atoms with Gasteiger partial charge in [-0.25, -0.2) is 9.59 Å². The van der Waals surface area contributed by atoms with Crippen LogP contribution in [0.25, 0.3) is 0 Å². The summed E-state index contributed by atoms with van der Waals surface area (Å²) in [6.45, 7) is 2.22. The Hall–Kier alpha value is -2.14. The molecule has 0 saturated carbocycles. The van der Waals surface area contributed by atoms with Crippen molar-refractivity contribution in [2.24, 2.45) is 0 Å². The highest BCUT2D eigenvalue weighted by Gasteiger charge is 2.18. The van der Waals surface area contributed by atoms with Gasteiger partial charge in [0.1, 0.15) is 0 Å². The largest absolute Gasteiger partial charge is 0.462 e. The van der Waals surface area contributed by atoms with Crippen LogP contribution in [0.5, 0.6) is 0 Å². The summed E-state index contributed by atoms with van der Waals surface area (Å²) in [6, 6.07) is 14.3. The first kappa shape index (κ1) is 17.2. The fourth-order valence-corrected chi connectivity index (χ4v) is 2.30. The monoisotopic (exact) mass is 376 g/mol. The van der Waals surface area contributed by atoms with Crippen LogP contribution in [0.4, 0.5) is 0 Å². The lowest BCUT2D eigenvalue weighted by Crippen LogP contribution is -2.15. The van der Waals surface area contributed by atoms with Gasteiger partial charge in [-0.15, -0.1) is 0 Å². The third kappa shape index (κ3) is 4.93. The highest BCUT2D eigenvalue weighted by molar-refractivity contribution is 9.10. The number of hydrogen-bond acceptors (Lipinski definition) is 4. The molecule has 2 aromatic carbocycles.